The summed E-state index contributed by atoms with van der Waals surface area (Å²) in [6.07, 6.45) is 2.82. The van der Waals surface area contributed by atoms with E-state index in [2.05, 4.69) is 10.3 Å². The third-order valence-electron chi connectivity index (χ3n) is 4.25. The molecule has 0 fully saturated rings. The van der Waals surface area contributed by atoms with Crippen LogP contribution in [0.5, 0.6) is 0 Å². The zero-order valence-corrected chi connectivity index (χ0v) is 19.5. The van der Waals surface area contributed by atoms with E-state index in [-0.39, 0.29) is 24.7 Å². The SMILES string of the molecule is COCCCNC(=O)c1csc(CN(CCCOC)S(=O)(=O)/C=C/c2ccccc2)n1. The molecule has 0 aliphatic heterocycles. The highest BCUT2D eigenvalue weighted by molar-refractivity contribution is 7.92. The molecule has 0 saturated carbocycles. The predicted octanol–water partition coefficient (Wildman–Crippen LogP) is 2.75. The van der Waals surface area contributed by atoms with E-state index in [1.807, 2.05) is 30.3 Å². The van der Waals surface area contributed by atoms with Gasteiger partial charge in [0.25, 0.3) is 5.91 Å². The normalized spacial score (nSPS) is 12.0. The van der Waals surface area contributed by atoms with E-state index < -0.39 is 10.0 Å². The minimum absolute atomic E-state index is 0.0901. The van der Waals surface area contributed by atoms with Crippen LogP contribution in [0.3, 0.4) is 0 Å². The molecule has 0 radical (unpaired) electrons. The van der Waals surface area contributed by atoms with Crippen LogP contribution < -0.4 is 5.32 Å². The van der Waals surface area contributed by atoms with E-state index in [0.717, 1.165) is 5.56 Å². The first-order valence-electron chi connectivity index (χ1n) is 9.90. The Labute approximate surface area is 187 Å². The van der Waals surface area contributed by atoms with Crippen LogP contribution in [-0.2, 0) is 26.0 Å². The number of methoxy groups -OCH3 is 2. The van der Waals surface area contributed by atoms with Crippen LogP contribution in [0, 0.1) is 0 Å². The molecule has 1 N–H and O–H groups in total. The Kier molecular flexibility index (Phi) is 10.8. The average molecular weight is 468 g/mol. The molecule has 170 valence electrons. The highest BCUT2D eigenvalue weighted by Gasteiger charge is 2.21. The van der Waals surface area contributed by atoms with Gasteiger partial charge in [-0.15, -0.1) is 11.3 Å². The van der Waals surface area contributed by atoms with E-state index >= 15 is 0 Å². The fraction of sp³-hybridized carbons (Fsp3) is 0.429. The molecule has 1 heterocycles. The standard InChI is InChI=1S/C21H29N3O5S2/c1-28-13-6-11-22-21(25)19-17-30-20(23-19)16-24(12-7-14-29-2)31(26,27)15-10-18-8-4-3-5-9-18/h3-5,8-10,15,17H,6-7,11-14,16H2,1-2H3,(H,22,25)/b15-10+. The molecule has 0 aliphatic rings. The lowest BCUT2D eigenvalue weighted by molar-refractivity contribution is 0.0944. The molecule has 2 aromatic rings. The first kappa shape index (κ1) is 25.2. The topological polar surface area (TPSA) is 97.8 Å². The van der Waals surface area contributed by atoms with Gasteiger partial charge in [-0.2, -0.15) is 4.31 Å². The lowest BCUT2D eigenvalue weighted by atomic mass is 10.2. The van der Waals surface area contributed by atoms with E-state index in [9.17, 15) is 13.2 Å². The first-order valence-corrected chi connectivity index (χ1v) is 12.3. The molecule has 0 spiro atoms. The van der Waals surface area contributed by atoms with Crippen molar-refractivity contribution in [3.05, 3.63) is 57.4 Å². The van der Waals surface area contributed by atoms with Gasteiger partial charge in [-0.05, 0) is 24.5 Å². The molecule has 0 atom stereocenters. The fourth-order valence-electron chi connectivity index (χ4n) is 2.64. The monoisotopic (exact) mass is 467 g/mol. The number of benzene rings is 1. The van der Waals surface area contributed by atoms with Crippen LogP contribution in [-0.4, -0.2) is 64.1 Å². The maximum atomic E-state index is 12.9. The van der Waals surface area contributed by atoms with Crippen LogP contribution >= 0.6 is 11.3 Å². The summed E-state index contributed by atoms with van der Waals surface area (Å²) < 4.78 is 37.2. The van der Waals surface area contributed by atoms with Crippen molar-refractivity contribution in [2.75, 3.05) is 40.5 Å². The van der Waals surface area contributed by atoms with Crippen LogP contribution in [0.25, 0.3) is 6.08 Å². The highest BCUT2D eigenvalue weighted by atomic mass is 32.2. The lowest BCUT2D eigenvalue weighted by Crippen LogP contribution is -2.30. The van der Waals surface area contributed by atoms with Crippen molar-refractivity contribution in [3.63, 3.8) is 0 Å². The Morgan fingerprint density at radius 2 is 1.87 bits per heavy atom. The van der Waals surface area contributed by atoms with Crippen molar-refractivity contribution >= 4 is 33.3 Å². The third kappa shape index (κ3) is 8.88. The maximum Gasteiger partial charge on any atom is 0.270 e. The van der Waals surface area contributed by atoms with Crippen LogP contribution in [0.4, 0.5) is 0 Å². The molecule has 0 saturated heterocycles. The molecule has 0 unspecified atom stereocenters. The maximum absolute atomic E-state index is 12.9. The summed E-state index contributed by atoms with van der Waals surface area (Å²) in [5, 5.41) is 6.17. The van der Waals surface area contributed by atoms with Gasteiger partial charge in [-0.1, -0.05) is 30.3 Å². The summed E-state index contributed by atoms with van der Waals surface area (Å²) in [6, 6.07) is 9.23. The highest BCUT2D eigenvalue weighted by Crippen LogP contribution is 2.17. The molecule has 8 nitrogen and oxygen atoms in total. The third-order valence-corrected chi connectivity index (χ3v) is 6.60. The predicted molar refractivity (Wildman–Crippen MR) is 122 cm³/mol. The molecular weight excluding hydrogens is 438 g/mol. The smallest absolute Gasteiger partial charge is 0.270 e. The number of nitrogens with zero attached hydrogens (tertiary/aromatic N) is 2. The number of nitrogens with one attached hydrogen (secondary N) is 1. The Bertz CT molecular complexity index is 930. The van der Waals surface area contributed by atoms with Crippen LogP contribution in [0.15, 0.2) is 41.1 Å². The molecule has 0 aliphatic carbocycles. The summed E-state index contributed by atoms with van der Waals surface area (Å²) in [7, 11) is -0.498. The second kappa shape index (κ2) is 13.3. The number of aromatic nitrogens is 1. The number of sulfonamides is 1. The van der Waals surface area contributed by atoms with Gasteiger partial charge in [0.2, 0.25) is 10.0 Å². The number of amides is 1. The zero-order chi connectivity index (χ0) is 22.5. The Hall–Kier alpha value is -2.11. The van der Waals surface area contributed by atoms with Gasteiger partial charge in [0.1, 0.15) is 10.7 Å². The Balaban J connectivity index is 2.07. The number of carbonyl (C=O) groups excluding carboxylic acids is 1. The molecule has 1 amide bonds. The number of carbonyl (C=O) groups is 1. The summed E-state index contributed by atoms with van der Waals surface area (Å²) in [4.78, 5) is 16.5. The van der Waals surface area contributed by atoms with Crippen molar-refractivity contribution in [2.45, 2.75) is 19.4 Å². The molecule has 0 bridgehead atoms. The van der Waals surface area contributed by atoms with Crippen molar-refractivity contribution < 1.29 is 22.7 Å². The number of ether oxygens (including phenoxy) is 2. The fourth-order valence-corrected chi connectivity index (χ4v) is 4.70. The van der Waals surface area contributed by atoms with Gasteiger partial charge < -0.3 is 14.8 Å². The number of hydrogen-bond acceptors (Lipinski definition) is 7. The quantitative estimate of drug-likeness (QED) is 0.429. The number of thiazole rings is 1. The van der Waals surface area contributed by atoms with Gasteiger partial charge >= 0.3 is 0 Å². The summed E-state index contributed by atoms with van der Waals surface area (Å²) >= 11 is 1.26. The minimum Gasteiger partial charge on any atom is -0.385 e. The van der Waals surface area contributed by atoms with Crippen LogP contribution in [0.1, 0.15) is 33.9 Å². The van der Waals surface area contributed by atoms with E-state index in [4.69, 9.17) is 9.47 Å². The minimum atomic E-state index is -3.68. The van der Waals surface area contributed by atoms with E-state index in [0.29, 0.717) is 37.6 Å². The summed E-state index contributed by atoms with van der Waals surface area (Å²) in [5.74, 6) is -0.281. The van der Waals surface area contributed by atoms with Crippen LogP contribution in [0.2, 0.25) is 0 Å². The lowest BCUT2D eigenvalue weighted by Gasteiger charge is -2.19. The van der Waals surface area contributed by atoms with Gasteiger partial charge in [-0.25, -0.2) is 13.4 Å². The van der Waals surface area contributed by atoms with Gasteiger partial charge in [-0.3, -0.25) is 4.79 Å². The first-order chi connectivity index (χ1) is 15.0. The molecule has 2 rings (SSSR count). The Morgan fingerprint density at radius 1 is 1.16 bits per heavy atom. The molecular formula is C21H29N3O5S2. The van der Waals surface area contributed by atoms with Crippen molar-refractivity contribution in [1.82, 2.24) is 14.6 Å². The zero-order valence-electron chi connectivity index (χ0n) is 17.8. The Morgan fingerprint density at radius 3 is 2.58 bits per heavy atom. The van der Waals surface area contributed by atoms with Crippen molar-refractivity contribution in [1.29, 1.82) is 0 Å². The van der Waals surface area contributed by atoms with E-state index in [1.165, 1.54) is 21.1 Å². The molecule has 1 aromatic heterocycles. The summed E-state index contributed by atoms with van der Waals surface area (Å²) in [6.45, 7) is 1.87. The molecule has 1 aromatic carbocycles. The largest absolute Gasteiger partial charge is 0.385 e. The second-order valence-electron chi connectivity index (χ2n) is 6.67. The van der Waals surface area contributed by atoms with Gasteiger partial charge in [0.15, 0.2) is 0 Å². The van der Waals surface area contributed by atoms with Crippen molar-refractivity contribution in [2.24, 2.45) is 0 Å². The number of rotatable bonds is 14. The second-order valence-corrected chi connectivity index (χ2v) is 9.43. The van der Waals surface area contributed by atoms with E-state index in [1.54, 1.807) is 25.7 Å². The average Bonchev–Trinajstić information content (AvgIpc) is 3.24. The molecule has 10 heteroatoms. The van der Waals surface area contributed by atoms with Crippen molar-refractivity contribution in [3.8, 4) is 0 Å². The summed E-state index contributed by atoms with van der Waals surface area (Å²) in [5.41, 5.74) is 1.08. The van der Waals surface area contributed by atoms with Gasteiger partial charge in [0.05, 0.1) is 6.54 Å². The van der Waals surface area contributed by atoms with Gasteiger partial charge in [0, 0.05) is 51.3 Å². The molecule has 31 heavy (non-hydrogen) atoms. The number of hydrogen-bond donors (Lipinski definition) is 1.